The Balaban J connectivity index is 0.000000646. The summed E-state index contributed by atoms with van der Waals surface area (Å²) < 4.78 is 37.4. The number of fused-ring (bicyclic) bond motifs is 1. The van der Waals surface area contributed by atoms with Gasteiger partial charge >= 0.3 is 24.1 Å². The van der Waals surface area contributed by atoms with Gasteiger partial charge in [0.25, 0.3) is 0 Å². The molecule has 1 heterocycles. The average molecular weight is 601 g/mol. The number of benzene rings is 3. The van der Waals surface area contributed by atoms with E-state index in [4.69, 9.17) is 14.6 Å². The Morgan fingerprint density at radius 1 is 0.907 bits per heavy atom. The fourth-order valence-corrected chi connectivity index (χ4v) is 4.47. The van der Waals surface area contributed by atoms with E-state index in [1.54, 1.807) is 12.1 Å². The van der Waals surface area contributed by atoms with Gasteiger partial charge in [-0.2, -0.15) is 13.2 Å². The average Bonchev–Trinajstić information content (AvgIpc) is 3.11. The maximum absolute atomic E-state index is 13.5. The molecule has 0 fully saturated rings. The number of halogens is 3. The van der Waals surface area contributed by atoms with Crippen LogP contribution < -0.4 is 10.2 Å². The number of esters is 1. The van der Waals surface area contributed by atoms with Crippen molar-refractivity contribution >= 4 is 29.5 Å². The zero-order chi connectivity index (χ0) is 31.4. The molecule has 0 radical (unpaired) electrons. The number of carboxylic acids is 2. The Morgan fingerprint density at radius 3 is 2.05 bits per heavy atom. The first-order valence-electron chi connectivity index (χ1n) is 13.4. The molecular weight excluding hydrogens is 569 g/mol. The molecule has 3 N–H and O–H groups in total. The highest BCUT2D eigenvalue weighted by molar-refractivity contribution is 6.02. The number of hydrogen-bond donors (Lipinski definition) is 3. The minimum atomic E-state index is -5.08. The molecule has 0 saturated carbocycles. The molecule has 0 aliphatic carbocycles. The maximum Gasteiger partial charge on any atom is 0.490 e. The number of carbonyl (C=O) groups excluding carboxylic acids is 2. The summed E-state index contributed by atoms with van der Waals surface area (Å²) in [5.74, 6) is -4.65. The summed E-state index contributed by atoms with van der Waals surface area (Å²) in [4.78, 5) is 48.4. The van der Waals surface area contributed by atoms with Gasteiger partial charge in [0.1, 0.15) is 19.2 Å². The Labute approximate surface area is 245 Å². The van der Waals surface area contributed by atoms with Crippen LogP contribution in [0.25, 0.3) is 0 Å². The fourth-order valence-electron chi connectivity index (χ4n) is 4.47. The summed E-state index contributed by atoms with van der Waals surface area (Å²) in [7, 11) is 0. The highest BCUT2D eigenvalue weighted by Crippen LogP contribution is 2.27. The topological polar surface area (TPSA) is 133 Å². The van der Waals surface area contributed by atoms with Crippen molar-refractivity contribution in [1.82, 2.24) is 5.32 Å². The van der Waals surface area contributed by atoms with E-state index in [9.17, 15) is 32.7 Å². The lowest BCUT2D eigenvalue weighted by atomic mass is 10.0. The second-order valence-corrected chi connectivity index (χ2v) is 9.68. The molecule has 0 saturated heterocycles. The quantitative estimate of drug-likeness (QED) is 0.292. The normalized spacial score (nSPS) is 15.3. The van der Waals surface area contributed by atoms with Gasteiger partial charge in [-0.3, -0.25) is 24.6 Å². The van der Waals surface area contributed by atoms with Crippen LogP contribution in [0.4, 0.5) is 18.9 Å². The molecule has 228 valence electrons. The van der Waals surface area contributed by atoms with Crippen LogP contribution in [-0.4, -0.2) is 58.8 Å². The molecule has 4 rings (SSSR count). The molecule has 3 aromatic carbocycles. The predicted molar refractivity (Wildman–Crippen MR) is 150 cm³/mol. The summed E-state index contributed by atoms with van der Waals surface area (Å²) >= 11 is 0. The molecule has 1 aliphatic heterocycles. The molecule has 3 aromatic rings. The summed E-state index contributed by atoms with van der Waals surface area (Å²) in [6, 6.07) is 25.1. The molecular formula is C31H31F3N2O7. The van der Waals surface area contributed by atoms with Crippen molar-refractivity contribution in [2.24, 2.45) is 0 Å². The van der Waals surface area contributed by atoms with Crippen LogP contribution in [-0.2, 0) is 43.4 Å². The van der Waals surface area contributed by atoms with Crippen LogP contribution in [0.1, 0.15) is 29.5 Å². The second kappa shape index (κ2) is 15.5. The number of nitrogens with zero attached hydrogens (tertiary/aromatic N) is 1. The van der Waals surface area contributed by atoms with E-state index in [2.05, 4.69) is 5.32 Å². The third kappa shape index (κ3) is 10.3. The number of rotatable bonds is 10. The zero-order valence-electron chi connectivity index (χ0n) is 23.0. The number of aliphatic carboxylic acids is 2. The van der Waals surface area contributed by atoms with Crippen LogP contribution >= 0.6 is 0 Å². The first kappa shape index (κ1) is 32.8. The van der Waals surface area contributed by atoms with E-state index in [-0.39, 0.29) is 12.5 Å². The number of anilines is 1. The number of aryl methyl sites for hydroxylation is 2. The maximum atomic E-state index is 13.5. The molecule has 0 bridgehead atoms. The molecule has 1 aliphatic rings. The number of nitrogens with one attached hydrogen (secondary N) is 1. The lowest BCUT2D eigenvalue weighted by Crippen LogP contribution is -2.53. The summed E-state index contributed by atoms with van der Waals surface area (Å²) in [5, 5.41) is 19.8. The van der Waals surface area contributed by atoms with Gasteiger partial charge < -0.3 is 14.9 Å². The van der Waals surface area contributed by atoms with Gasteiger partial charge in [0.2, 0.25) is 5.91 Å². The molecule has 0 aromatic heterocycles. The van der Waals surface area contributed by atoms with Gasteiger partial charge in [-0.05, 0) is 48.4 Å². The molecule has 2 atom stereocenters. The van der Waals surface area contributed by atoms with Crippen LogP contribution in [0.15, 0.2) is 84.9 Å². The van der Waals surface area contributed by atoms with E-state index in [0.717, 1.165) is 16.7 Å². The van der Waals surface area contributed by atoms with Crippen molar-refractivity contribution in [3.05, 3.63) is 102 Å². The van der Waals surface area contributed by atoms with Crippen LogP contribution in [0.2, 0.25) is 0 Å². The highest BCUT2D eigenvalue weighted by atomic mass is 19.4. The Hall–Kier alpha value is -4.71. The second-order valence-electron chi connectivity index (χ2n) is 9.68. The number of alkyl halides is 3. The number of para-hydroxylation sites is 1. The molecule has 43 heavy (non-hydrogen) atoms. The van der Waals surface area contributed by atoms with E-state index in [1.165, 1.54) is 4.90 Å². The van der Waals surface area contributed by atoms with E-state index < -0.39 is 42.7 Å². The number of carboxylic acid groups (broad SMARTS) is 2. The van der Waals surface area contributed by atoms with Gasteiger partial charge in [0, 0.05) is 5.69 Å². The number of amides is 1. The van der Waals surface area contributed by atoms with Crippen molar-refractivity contribution < 1.29 is 47.3 Å². The van der Waals surface area contributed by atoms with Crippen LogP contribution in [0.5, 0.6) is 0 Å². The van der Waals surface area contributed by atoms with Crippen molar-refractivity contribution in [3.8, 4) is 0 Å². The van der Waals surface area contributed by atoms with Crippen LogP contribution in [0, 0.1) is 0 Å². The molecule has 9 nitrogen and oxygen atoms in total. The first-order valence-corrected chi connectivity index (χ1v) is 13.4. The Kier molecular flexibility index (Phi) is 11.8. The Morgan fingerprint density at radius 2 is 1.47 bits per heavy atom. The minimum absolute atomic E-state index is 0.137. The highest BCUT2D eigenvalue weighted by Gasteiger charge is 2.38. The van der Waals surface area contributed by atoms with Crippen molar-refractivity contribution in [2.75, 3.05) is 11.4 Å². The molecule has 2 unspecified atom stereocenters. The lowest BCUT2D eigenvalue weighted by molar-refractivity contribution is -0.192. The summed E-state index contributed by atoms with van der Waals surface area (Å²) in [6.45, 7) is -0.306. The minimum Gasteiger partial charge on any atom is -0.480 e. The van der Waals surface area contributed by atoms with Crippen molar-refractivity contribution in [1.29, 1.82) is 0 Å². The smallest absolute Gasteiger partial charge is 0.480 e. The lowest BCUT2D eigenvalue weighted by Gasteiger charge is -2.27. The molecule has 12 heteroatoms. The van der Waals surface area contributed by atoms with Gasteiger partial charge in [0.15, 0.2) is 0 Å². The fraction of sp³-hybridized carbons (Fsp3) is 0.290. The van der Waals surface area contributed by atoms with Gasteiger partial charge in [-0.15, -0.1) is 0 Å². The number of hydrogen-bond acceptors (Lipinski definition) is 6. The first-order chi connectivity index (χ1) is 20.5. The Bertz CT molecular complexity index is 1380. The summed E-state index contributed by atoms with van der Waals surface area (Å²) in [5.41, 5.74) is 3.46. The number of ether oxygens (including phenoxy) is 1. The summed E-state index contributed by atoms with van der Waals surface area (Å²) in [6.07, 6.45) is -2.99. The van der Waals surface area contributed by atoms with E-state index >= 15 is 0 Å². The molecule has 0 spiro atoms. The largest absolute Gasteiger partial charge is 0.490 e. The van der Waals surface area contributed by atoms with Crippen LogP contribution in [0.3, 0.4) is 0 Å². The van der Waals surface area contributed by atoms with Gasteiger partial charge in [0.05, 0.1) is 6.04 Å². The SMILES string of the molecule is O=C(O)C(F)(F)F.O=C(O)CN1C(=O)C(NC(CCc2ccccc2)C(=O)OCc2ccccc2)CCc2ccccc21. The van der Waals surface area contributed by atoms with E-state index in [0.29, 0.717) is 31.4 Å². The van der Waals surface area contributed by atoms with E-state index in [1.807, 2.05) is 72.8 Å². The third-order valence-electron chi connectivity index (χ3n) is 6.56. The van der Waals surface area contributed by atoms with Gasteiger partial charge in [-0.25, -0.2) is 4.79 Å². The monoisotopic (exact) mass is 600 g/mol. The van der Waals surface area contributed by atoms with Gasteiger partial charge in [-0.1, -0.05) is 78.9 Å². The standard InChI is InChI=1S/C29H30N2O5.C2HF3O2/c32-27(33)19-31-26-14-8-7-13-23(26)16-18-24(28(31)34)30-25(17-15-21-9-3-1-4-10-21)29(35)36-20-22-11-5-2-6-12-22;3-2(4,5)1(6)7/h1-14,24-25,30H,15-20H2,(H,32,33);(H,6,7). The zero-order valence-corrected chi connectivity index (χ0v) is 23.0. The molecule has 1 amide bonds. The van der Waals surface area contributed by atoms with Crippen molar-refractivity contribution in [3.63, 3.8) is 0 Å². The predicted octanol–water partition coefficient (Wildman–Crippen LogP) is 4.39. The number of carbonyl (C=O) groups is 4. The third-order valence-corrected chi connectivity index (χ3v) is 6.56. The van der Waals surface area contributed by atoms with Crippen molar-refractivity contribution in [2.45, 2.75) is 50.6 Å².